The van der Waals surface area contributed by atoms with Crippen molar-refractivity contribution < 1.29 is 66.3 Å². The van der Waals surface area contributed by atoms with E-state index in [0.29, 0.717) is 5.56 Å². The van der Waals surface area contributed by atoms with Crippen molar-refractivity contribution in [3.63, 3.8) is 0 Å². The molecule has 0 aliphatic carbocycles. The summed E-state index contributed by atoms with van der Waals surface area (Å²) in [6, 6.07) is 4.10. The van der Waals surface area contributed by atoms with Crippen molar-refractivity contribution in [3.05, 3.63) is 51.5 Å². The fourth-order valence-electron chi connectivity index (χ4n) is 4.41. The van der Waals surface area contributed by atoms with Gasteiger partial charge in [0.05, 0.1) is 30.5 Å². The zero-order valence-corrected chi connectivity index (χ0v) is 25.2. The van der Waals surface area contributed by atoms with E-state index in [2.05, 4.69) is 40.3 Å². The van der Waals surface area contributed by atoms with Crippen molar-refractivity contribution in [3.8, 4) is 11.8 Å². The quantitative estimate of drug-likeness (QED) is 0.0601. The zero-order chi connectivity index (χ0) is 33.4. The van der Waals surface area contributed by atoms with Gasteiger partial charge < -0.3 is 51.3 Å². The second-order valence-corrected chi connectivity index (χ2v) is 13.8. The number of aliphatic hydroxyl groups excluding tert-OH is 1. The van der Waals surface area contributed by atoms with Crippen molar-refractivity contribution in [1.82, 2.24) is 9.55 Å². The van der Waals surface area contributed by atoms with Crippen LogP contribution in [0.2, 0.25) is 0 Å². The van der Waals surface area contributed by atoms with Crippen molar-refractivity contribution in [2.45, 2.75) is 37.0 Å². The number of imidazole rings is 1. The third-order valence-electron chi connectivity index (χ3n) is 6.11. The molecule has 3 heterocycles. The molecule has 4 rings (SSSR count). The first-order valence-corrected chi connectivity index (χ1v) is 16.8. The molecule has 3 unspecified atom stereocenters. The number of nitrogens with one attached hydrogen (secondary N) is 1. The molecular formula is C20H26N7O15P3. The number of anilines is 1. The minimum absolute atomic E-state index is 0.0313. The predicted octanol–water partition coefficient (Wildman–Crippen LogP) is -0.779. The number of rotatable bonds is 11. The van der Waals surface area contributed by atoms with Crippen LogP contribution in [0.15, 0.2) is 29.5 Å². The number of fused-ring (bicyclic) bond motifs is 1. The number of hydrogen-bond donors (Lipinski definition) is 9. The summed E-state index contributed by atoms with van der Waals surface area (Å²) in [5, 5.41) is 36.5. The molecule has 45 heavy (non-hydrogen) atoms. The predicted molar refractivity (Wildman–Crippen MR) is 148 cm³/mol. The highest BCUT2D eigenvalue weighted by Crippen LogP contribution is 2.66. The molecular weight excluding hydrogens is 671 g/mol. The lowest BCUT2D eigenvalue weighted by molar-refractivity contribution is -0.385. The van der Waals surface area contributed by atoms with Gasteiger partial charge in [-0.2, -0.15) is 8.62 Å². The summed E-state index contributed by atoms with van der Waals surface area (Å²) in [4.78, 5) is 55.5. The van der Waals surface area contributed by atoms with Gasteiger partial charge in [0.15, 0.2) is 5.96 Å². The zero-order valence-electron chi connectivity index (χ0n) is 22.5. The van der Waals surface area contributed by atoms with E-state index in [1.165, 1.54) is 29.1 Å². The van der Waals surface area contributed by atoms with Crippen LogP contribution in [0.5, 0.6) is 0 Å². The number of aliphatic imine (C=N–C) groups is 1. The smallest absolute Gasteiger partial charge is 0.390 e. The number of nitrogens with zero attached hydrogens (tertiary/aromatic N) is 4. The van der Waals surface area contributed by atoms with Crippen LogP contribution in [0, 0.1) is 22.0 Å². The standard InChI is InChI=1S/C20H26N7O15P3/c21-5-1-2-11-3-4-12(13(6-11)27(30)31)8-20(29)17-18(24-19(22)25-20)26(10-23-17)16-7-14(28)15(40-16)9-39-44(35,36)42-45(37,38)41-43(32,33)34/h3-4,6,10,14-16,28-29H,5,7-9,21H2,(H,35,36)(H,37,38)(H3,22,24,25)(H2,32,33,34)/t14-,15+,16+,20?/m0/s1. The Morgan fingerprint density at radius 1 is 1.22 bits per heavy atom. The molecule has 0 amide bonds. The first-order chi connectivity index (χ1) is 20.8. The highest BCUT2D eigenvalue weighted by molar-refractivity contribution is 7.66. The van der Waals surface area contributed by atoms with Gasteiger partial charge in [0.25, 0.3) is 5.69 Å². The summed E-state index contributed by atoms with van der Waals surface area (Å²) in [5.41, 5.74) is 8.97. The molecule has 2 aliphatic rings. The van der Waals surface area contributed by atoms with Crippen LogP contribution in [-0.4, -0.2) is 75.6 Å². The Morgan fingerprint density at radius 2 is 1.93 bits per heavy atom. The fourth-order valence-corrected chi connectivity index (χ4v) is 7.44. The van der Waals surface area contributed by atoms with Gasteiger partial charge in [-0.05, 0) is 6.07 Å². The van der Waals surface area contributed by atoms with Gasteiger partial charge in [-0.1, -0.05) is 17.9 Å². The maximum Gasteiger partial charge on any atom is 0.490 e. The molecule has 2 aliphatic heterocycles. The number of phosphoric ester groups is 1. The molecule has 22 nitrogen and oxygen atoms in total. The van der Waals surface area contributed by atoms with Crippen LogP contribution < -0.4 is 16.8 Å². The number of nitro groups is 1. The molecule has 11 N–H and O–H groups in total. The second-order valence-electron chi connectivity index (χ2n) is 9.39. The average molecular weight is 697 g/mol. The van der Waals surface area contributed by atoms with Crippen molar-refractivity contribution in [1.29, 1.82) is 0 Å². The van der Waals surface area contributed by atoms with Gasteiger partial charge in [-0.25, -0.2) is 23.7 Å². The summed E-state index contributed by atoms with van der Waals surface area (Å²) in [6.45, 7) is -0.882. The van der Waals surface area contributed by atoms with Crippen LogP contribution in [0.25, 0.3) is 0 Å². The Kier molecular flexibility index (Phi) is 10.0. The van der Waals surface area contributed by atoms with E-state index in [0.717, 1.165) is 0 Å². The third kappa shape index (κ3) is 8.59. The largest absolute Gasteiger partial charge is 0.490 e. The van der Waals surface area contributed by atoms with E-state index in [4.69, 9.17) is 26.0 Å². The minimum atomic E-state index is -5.76. The van der Waals surface area contributed by atoms with Crippen molar-refractivity contribution in [2.75, 3.05) is 18.5 Å². The Labute approximate surface area is 252 Å². The van der Waals surface area contributed by atoms with Gasteiger partial charge in [0.1, 0.15) is 23.8 Å². The number of ether oxygens (including phenoxy) is 1. The molecule has 0 spiro atoms. The summed E-state index contributed by atoms with van der Waals surface area (Å²) in [5.74, 6) is 5.00. The van der Waals surface area contributed by atoms with Gasteiger partial charge in [-0.3, -0.25) is 19.2 Å². The summed E-state index contributed by atoms with van der Waals surface area (Å²) in [7, 11) is -16.8. The summed E-state index contributed by atoms with van der Waals surface area (Å²) >= 11 is 0. The topological polar surface area (TPSA) is 347 Å². The number of aliphatic hydroxyl groups is 2. The number of aromatic nitrogens is 2. The normalized spacial score (nSPS) is 25.6. The highest BCUT2D eigenvalue weighted by atomic mass is 31.3. The van der Waals surface area contributed by atoms with Crippen LogP contribution >= 0.6 is 23.5 Å². The molecule has 0 bridgehead atoms. The Morgan fingerprint density at radius 3 is 2.58 bits per heavy atom. The molecule has 1 saturated heterocycles. The SMILES string of the molecule is NCC#Cc1ccc(CC2(O)N=C(N)Nc3c2ncn3[C@H]2C[C@H](O)[C@@H](COP(=O)(O)OP(=O)(O)OP(=O)(O)O)O2)c([N+](=O)[O-])c1. The molecule has 0 radical (unpaired) electrons. The second kappa shape index (κ2) is 13.0. The van der Waals surface area contributed by atoms with Gasteiger partial charge in [-0.15, -0.1) is 0 Å². The Hall–Kier alpha value is -3.09. The molecule has 6 atom stereocenters. The van der Waals surface area contributed by atoms with E-state index in [-0.39, 0.29) is 41.7 Å². The van der Waals surface area contributed by atoms with Gasteiger partial charge >= 0.3 is 23.5 Å². The maximum atomic E-state index is 12.0. The first kappa shape index (κ1) is 34.8. The minimum Gasteiger partial charge on any atom is -0.390 e. The number of nitrogens with two attached hydrogens (primary N) is 2. The number of guanidine groups is 1. The molecule has 1 aromatic heterocycles. The molecule has 1 aromatic carbocycles. The Bertz CT molecular complexity index is 1720. The molecule has 0 saturated carbocycles. The van der Waals surface area contributed by atoms with Crippen LogP contribution in [0.4, 0.5) is 11.5 Å². The number of hydrogen-bond acceptors (Lipinski definition) is 16. The van der Waals surface area contributed by atoms with Crippen LogP contribution in [0.1, 0.15) is 29.5 Å². The van der Waals surface area contributed by atoms with E-state index in [1.54, 1.807) is 0 Å². The third-order valence-corrected chi connectivity index (χ3v) is 9.91. The number of phosphoric acid groups is 3. The lowest BCUT2D eigenvalue weighted by Crippen LogP contribution is -2.39. The molecule has 246 valence electrons. The van der Waals surface area contributed by atoms with E-state index in [1.807, 2.05) is 0 Å². The van der Waals surface area contributed by atoms with E-state index < -0.39 is 65.6 Å². The number of nitro benzene ring substituents is 1. The van der Waals surface area contributed by atoms with Crippen LogP contribution in [-0.2, 0) is 43.7 Å². The molecule has 1 fully saturated rings. The first-order valence-electron chi connectivity index (χ1n) is 12.3. The highest BCUT2D eigenvalue weighted by Gasteiger charge is 2.45. The summed E-state index contributed by atoms with van der Waals surface area (Å²) in [6.07, 6.45) is -3.28. The van der Waals surface area contributed by atoms with E-state index in [9.17, 15) is 43.8 Å². The molecule has 2 aromatic rings. The molecule has 25 heteroatoms. The summed E-state index contributed by atoms with van der Waals surface area (Å²) < 4.78 is 53.1. The fraction of sp³-hybridized carbons (Fsp3) is 0.400. The average Bonchev–Trinajstić information content (AvgIpc) is 3.48. The van der Waals surface area contributed by atoms with Crippen LogP contribution in [0.3, 0.4) is 0 Å². The number of benzene rings is 1. The Balaban J connectivity index is 1.51. The van der Waals surface area contributed by atoms with E-state index >= 15 is 0 Å². The van der Waals surface area contributed by atoms with Crippen molar-refractivity contribution >= 4 is 40.9 Å². The van der Waals surface area contributed by atoms with Gasteiger partial charge in [0.2, 0.25) is 5.72 Å². The lowest BCUT2D eigenvalue weighted by Gasteiger charge is -2.29. The monoisotopic (exact) mass is 697 g/mol. The van der Waals surface area contributed by atoms with Crippen molar-refractivity contribution in [2.24, 2.45) is 16.5 Å². The lowest BCUT2D eigenvalue weighted by atomic mass is 9.96. The maximum absolute atomic E-state index is 12.0. The van der Waals surface area contributed by atoms with Gasteiger partial charge in [0, 0.05) is 30.0 Å².